The molecule has 25 heavy (non-hydrogen) atoms. The molecular weight excluding hydrogens is 360 g/mol. The standard InChI is InChI=1S/C15H10F4N4OS/c1-3-5-23-14(8-4-6-24-7(8)2)21-22-15(23)25-11-9(16)12(18)20-13(19)10(11)17/h3-4,6H,1,5H2,2H3. The first-order chi connectivity index (χ1) is 11.9. The Hall–Kier alpha value is -2.62. The summed E-state index contributed by atoms with van der Waals surface area (Å²) in [5.41, 5.74) is 0.620. The maximum atomic E-state index is 13.8. The lowest BCUT2D eigenvalue weighted by molar-refractivity contribution is 0.383. The Labute approximate surface area is 143 Å². The molecule has 10 heteroatoms. The fraction of sp³-hybridized carbons (Fsp3) is 0.133. The van der Waals surface area contributed by atoms with Gasteiger partial charge < -0.3 is 4.42 Å². The fourth-order valence-electron chi connectivity index (χ4n) is 2.12. The zero-order valence-electron chi connectivity index (χ0n) is 12.8. The number of pyridine rings is 1. The average Bonchev–Trinajstić information content (AvgIpc) is 3.16. The van der Waals surface area contributed by atoms with Gasteiger partial charge in [-0.05, 0) is 24.8 Å². The van der Waals surface area contributed by atoms with Crippen LogP contribution < -0.4 is 0 Å². The van der Waals surface area contributed by atoms with E-state index in [4.69, 9.17) is 4.42 Å². The summed E-state index contributed by atoms with van der Waals surface area (Å²) in [7, 11) is 0. The number of hydrogen-bond acceptors (Lipinski definition) is 5. The van der Waals surface area contributed by atoms with Gasteiger partial charge in [0.15, 0.2) is 22.6 Å². The summed E-state index contributed by atoms with van der Waals surface area (Å²) < 4.78 is 60.9. The lowest BCUT2D eigenvalue weighted by atomic mass is 10.2. The van der Waals surface area contributed by atoms with Crippen molar-refractivity contribution in [3.8, 4) is 11.4 Å². The van der Waals surface area contributed by atoms with Gasteiger partial charge in [0.05, 0.1) is 16.7 Å². The summed E-state index contributed by atoms with van der Waals surface area (Å²) in [5, 5.41) is 7.86. The number of nitrogens with zero attached hydrogens (tertiary/aromatic N) is 4. The third-order valence-corrected chi connectivity index (χ3v) is 4.33. The number of allylic oxidation sites excluding steroid dienone is 1. The van der Waals surface area contributed by atoms with E-state index in [-0.39, 0.29) is 11.7 Å². The van der Waals surface area contributed by atoms with Crippen LogP contribution in [-0.2, 0) is 6.54 Å². The van der Waals surface area contributed by atoms with Gasteiger partial charge in [-0.3, -0.25) is 4.57 Å². The molecule has 3 aromatic heterocycles. The Bertz CT molecular complexity index is 927. The van der Waals surface area contributed by atoms with Gasteiger partial charge in [-0.15, -0.1) is 16.8 Å². The van der Waals surface area contributed by atoms with E-state index in [1.54, 1.807) is 13.0 Å². The Morgan fingerprint density at radius 1 is 1.20 bits per heavy atom. The second-order valence-electron chi connectivity index (χ2n) is 4.85. The lowest BCUT2D eigenvalue weighted by Crippen LogP contribution is -2.04. The monoisotopic (exact) mass is 370 g/mol. The van der Waals surface area contributed by atoms with Crippen LogP contribution in [0.2, 0.25) is 0 Å². The van der Waals surface area contributed by atoms with Gasteiger partial charge >= 0.3 is 0 Å². The molecule has 3 aromatic rings. The predicted octanol–water partition coefficient (Wildman–Crippen LogP) is 4.14. The second-order valence-corrected chi connectivity index (χ2v) is 5.83. The van der Waals surface area contributed by atoms with Crippen LogP contribution in [0.25, 0.3) is 11.4 Å². The highest BCUT2D eigenvalue weighted by molar-refractivity contribution is 7.99. The minimum Gasteiger partial charge on any atom is -0.469 e. The summed E-state index contributed by atoms with van der Waals surface area (Å²) in [5.74, 6) is -5.74. The Kier molecular flexibility index (Phi) is 4.62. The molecule has 0 aliphatic carbocycles. The first-order valence-electron chi connectivity index (χ1n) is 6.90. The fourth-order valence-corrected chi connectivity index (χ4v) is 3.01. The molecule has 3 heterocycles. The molecule has 0 aliphatic rings. The minimum absolute atomic E-state index is 0.0262. The number of hydrogen-bond donors (Lipinski definition) is 0. The molecule has 0 aliphatic heterocycles. The molecule has 130 valence electrons. The molecule has 0 N–H and O–H groups in total. The van der Waals surface area contributed by atoms with Crippen LogP contribution in [0, 0.1) is 30.5 Å². The summed E-state index contributed by atoms with van der Waals surface area (Å²) in [4.78, 5) is 1.63. The van der Waals surface area contributed by atoms with Gasteiger partial charge in [-0.1, -0.05) is 6.08 Å². The average molecular weight is 370 g/mol. The van der Waals surface area contributed by atoms with E-state index < -0.39 is 28.4 Å². The lowest BCUT2D eigenvalue weighted by Gasteiger charge is -2.08. The van der Waals surface area contributed by atoms with E-state index in [0.29, 0.717) is 28.9 Å². The summed E-state index contributed by atoms with van der Waals surface area (Å²) in [6.07, 6.45) is 2.98. The van der Waals surface area contributed by atoms with Crippen molar-refractivity contribution in [2.45, 2.75) is 23.5 Å². The Morgan fingerprint density at radius 2 is 1.88 bits per heavy atom. The zero-order chi connectivity index (χ0) is 18.1. The van der Waals surface area contributed by atoms with Crippen molar-refractivity contribution < 1.29 is 22.0 Å². The quantitative estimate of drug-likeness (QED) is 0.384. The smallest absolute Gasteiger partial charge is 0.252 e. The third kappa shape index (κ3) is 3.04. The number of aromatic nitrogens is 4. The first-order valence-corrected chi connectivity index (χ1v) is 7.72. The zero-order valence-corrected chi connectivity index (χ0v) is 13.6. The van der Waals surface area contributed by atoms with Crippen molar-refractivity contribution in [2.75, 3.05) is 0 Å². The maximum absolute atomic E-state index is 13.8. The molecule has 0 fully saturated rings. The molecular formula is C15H10F4N4OS. The Balaban J connectivity index is 2.09. The van der Waals surface area contributed by atoms with Crippen LogP contribution in [0.4, 0.5) is 17.6 Å². The molecule has 0 bridgehead atoms. The molecule has 3 rings (SSSR count). The van der Waals surface area contributed by atoms with E-state index >= 15 is 0 Å². The summed E-state index contributed by atoms with van der Waals surface area (Å²) >= 11 is 0.401. The number of aryl methyl sites for hydroxylation is 1. The van der Waals surface area contributed by atoms with Crippen molar-refractivity contribution in [3.05, 3.63) is 54.3 Å². The highest BCUT2D eigenvalue weighted by Gasteiger charge is 2.25. The normalized spacial score (nSPS) is 11.1. The van der Waals surface area contributed by atoms with Crippen molar-refractivity contribution >= 4 is 11.8 Å². The third-order valence-electron chi connectivity index (χ3n) is 3.28. The van der Waals surface area contributed by atoms with Crippen molar-refractivity contribution in [1.82, 2.24) is 19.7 Å². The van der Waals surface area contributed by atoms with E-state index in [9.17, 15) is 17.6 Å². The molecule has 0 atom stereocenters. The van der Waals surface area contributed by atoms with Gasteiger partial charge in [-0.2, -0.15) is 13.8 Å². The molecule has 0 unspecified atom stereocenters. The number of halogens is 4. The highest BCUT2D eigenvalue weighted by atomic mass is 32.2. The van der Waals surface area contributed by atoms with E-state index in [1.165, 1.54) is 16.9 Å². The van der Waals surface area contributed by atoms with E-state index in [1.807, 2.05) is 0 Å². The first kappa shape index (κ1) is 17.2. The van der Waals surface area contributed by atoms with Gasteiger partial charge in [0.2, 0.25) is 0 Å². The second kappa shape index (κ2) is 6.71. The maximum Gasteiger partial charge on any atom is 0.252 e. The Morgan fingerprint density at radius 3 is 2.44 bits per heavy atom. The van der Waals surface area contributed by atoms with Crippen LogP contribution in [-0.4, -0.2) is 19.7 Å². The van der Waals surface area contributed by atoms with Crippen LogP contribution in [0.15, 0.2) is 39.5 Å². The van der Waals surface area contributed by atoms with Crippen LogP contribution in [0.3, 0.4) is 0 Å². The molecule has 5 nitrogen and oxygen atoms in total. The molecule has 0 saturated heterocycles. The van der Waals surface area contributed by atoms with Gasteiger partial charge in [0.25, 0.3) is 11.9 Å². The molecule has 0 amide bonds. The SMILES string of the molecule is C=CCn1c(Sc2c(F)c(F)nc(F)c2F)nnc1-c1ccoc1C. The topological polar surface area (TPSA) is 56.7 Å². The molecule has 0 spiro atoms. The van der Waals surface area contributed by atoms with Crippen LogP contribution in [0.1, 0.15) is 5.76 Å². The minimum atomic E-state index is -1.73. The van der Waals surface area contributed by atoms with Crippen molar-refractivity contribution in [2.24, 2.45) is 0 Å². The van der Waals surface area contributed by atoms with Gasteiger partial charge in [0, 0.05) is 6.54 Å². The number of furan rings is 1. The van der Waals surface area contributed by atoms with Gasteiger partial charge in [-0.25, -0.2) is 8.78 Å². The summed E-state index contributed by atoms with van der Waals surface area (Å²) in [6, 6.07) is 1.65. The van der Waals surface area contributed by atoms with Crippen LogP contribution >= 0.6 is 11.8 Å². The number of rotatable bonds is 5. The summed E-state index contributed by atoms with van der Waals surface area (Å²) in [6.45, 7) is 5.52. The largest absolute Gasteiger partial charge is 0.469 e. The van der Waals surface area contributed by atoms with Gasteiger partial charge in [0.1, 0.15) is 5.76 Å². The van der Waals surface area contributed by atoms with Crippen molar-refractivity contribution in [1.29, 1.82) is 0 Å². The highest BCUT2D eigenvalue weighted by Crippen LogP contribution is 2.34. The van der Waals surface area contributed by atoms with E-state index in [2.05, 4.69) is 21.8 Å². The molecule has 0 radical (unpaired) electrons. The van der Waals surface area contributed by atoms with E-state index in [0.717, 1.165) is 0 Å². The predicted molar refractivity (Wildman–Crippen MR) is 80.8 cm³/mol. The molecule has 0 saturated carbocycles. The van der Waals surface area contributed by atoms with Crippen LogP contribution in [0.5, 0.6) is 0 Å². The molecule has 0 aromatic carbocycles. The van der Waals surface area contributed by atoms with Crippen molar-refractivity contribution in [3.63, 3.8) is 0 Å².